The topological polar surface area (TPSA) is 73.6 Å². The molecule has 0 spiro atoms. The van der Waals surface area contributed by atoms with Crippen molar-refractivity contribution in [1.29, 1.82) is 0 Å². The van der Waals surface area contributed by atoms with E-state index in [9.17, 15) is 4.79 Å². The minimum Gasteiger partial charge on any atom is -0.357 e. The van der Waals surface area contributed by atoms with Gasteiger partial charge in [0.15, 0.2) is 5.82 Å². The molecule has 2 aromatic heterocycles. The third-order valence-electron chi connectivity index (χ3n) is 2.54. The van der Waals surface area contributed by atoms with Crippen LogP contribution in [0.3, 0.4) is 0 Å². The number of fused-ring (bicyclic) bond motifs is 1. The Morgan fingerprint density at radius 3 is 2.88 bits per heavy atom. The minimum absolute atomic E-state index is 0.202. The second-order valence-corrected chi connectivity index (χ2v) is 3.66. The van der Waals surface area contributed by atoms with E-state index in [0.717, 1.165) is 10.9 Å². The molecule has 17 heavy (non-hydrogen) atoms. The molecule has 0 atom stereocenters. The molecule has 3 N–H and O–H groups in total. The van der Waals surface area contributed by atoms with Crippen molar-refractivity contribution in [2.24, 2.45) is 0 Å². The molecule has 3 rings (SSSR count). The van der Waals surface area contributed by atoms with E-state index in [0.29, 0.717) is 11.5 Å². The van der Waals surface area contributed by atoms with Crippen molar-refractivity contribution in [3.05, 3.63) is 48.3 Å². The number of H-pyrrole nitrogens is 2. The predicted molar refractivity (Wildman–Crippen MR) is 64.8 cm³/mol. The SMILES string of the molecule is O=C(Nc1n[nH]c2ccccc12)c1ccc[nH]1. The van der Waals surface area contributed by atoms with Gasteiger partial charge >= 0.3 is 0 Å². The number of rotatable bonds is 2. The van der Waals surface area contributed by atoms with Crippen LogP contribution in [0.2, 0.25) is 0 Å². The molecule has 5 nitrogen and oxygen atoms in total. The number of amides is 1. The van der Waals surface area contributed by atoms with Gasteiger partial charge in [0.1, 0.15) is 5.69 Å². The number of nitrogens with zero attached hydrogens (tertiary/aromatic N) is 1. The normalized spacial score (nSPS) is 10.6. The molecule has 0 bridgehead atoms. The molecule has 0 unspecified atom stereocenters. The number of para-hydroxylation sites is 1. The van der Waals surface area contributed by atoms with Crippen LogP contribution in [0, 0.1) is 0 Å². The Morgan fingerprint density at radius 2 is 2.06 bits per heavy atom. The lowest BCUT2D eigenvalue weighted by atomic mass is 10.2. The fraction of sp³-hybridized carbons (Fsp3) is 0. The van der Waals surface area contributed by atoms with Gasteiger partial charge in [-0.05, 0) is 24.3 Å². The van der Waals surface area contributed by atoms with Crippen LogP contribution >= 0.6 is 0 Å². The highest BCUT2D eigenvalue weighted by atomic mass is 16.1. The summed E-state index contributed by atoms with van der Waals surface area (Å²) in [6, 6.07) is 11.1. The molecule has 0 aliphatic carbocycles. The van der Waals surface area contributed by atoms with Crippen LogP contribution in [-0.4, -0.2) is 21.1 Å². The molecule has 2 heterocycles. The molecule has 0 aliphatic rings. The van der Waals surface area contributed by atoms with E-state index < -0.39 is 0 Å². The maximum absolute atomic E-state index is 11.8. The lowest BCUT2D eigenvalue weighted by Gasteiger charge is -1.99. The van der Waals surface area contributed by atoms with Crippen LogP contribution in [0.25, 0.3) is 10.9 Å². The van der Waals surface area contributed by atoms with E-state index in [-0.39, 0.29) is 5.91 Å². The first kappa shape index (κ1) is 9.65. The molecule has 0 radical (unpaired) electrons. The zero-order chi connectivity index (χ0) is 11.7. The molecular formula is C12H10N4O. The summed E-state index contributed by atoms with van der Waals surface area (Å²) in [6.07, 6.45) is 1.71. The van der Waals surface area contributed by atoms with E-state index in [4.69, 9.17) is 0 Å². The van der Waals surface area contributed by atoms with Crippen molar-refractivity contribution in [2.45, 2.75) is 0 Å². The summed E-state index contributed by atoms with van der Waals surface area (Å²) in [7, 11) is 0. The third kappa shape index (κ3) is 1.67. The maximum Gasteiger partial charge on any atom is 0.273 e. The van der Waals surface area contributed by atoms with Crippen molar-refractivity contribution >= 4 is 22.6 Å². The van der Waals surface area contributed by atoms with Gasteiger partial charge in [0.05, 0.1) is 5.52 Å². The van der Waals surface area contributed by atoms with Crippen LogP contribution in [-0.2, 0) is 0 Å². The lowest BCUT2D eigenvalue weighted by molar-refractivity contribution is 0.102. The Balaban J connectivity index is 1.93. The quantitative estimate of drug-likeness (QED) is 0.626. The van der Waals surface area contributed by atoms with Crippen molar-refractivity contribution < 1.29 is 4.79 Å². The largest absolute Gasteiger partial charge is 0.357 e. The third-order valence-corrected chi connectivity index (χ3v) is 2.54. The minimum atomic E-state index is -0.202. The van der Waals surface area contributed by atoms with Crippen molar-refractivity contribution in [3.63, 3.8) is 0 Å². The van der Waals surface area contributed by atoms with Crippen molar-refractivity contribution in [3.8, 4) is 0 Å². The highest BCUT2D eigenvalue weighted by Crippen LogP contribution is 2.19. The summed E-state index contributed by atoms with van der Waals surface area (Å²) >= 11 is 0. The number of carbonyl (C=O) groups is 1. The van der Waals surface area contributed by atoms with Crippen molar-refractivity contribution in [1.82, 2.24) is 15.2 Å². The Bertz CT molecular complexity index is 654. The van der Waals surface area contributed by atoms with Crippen LogP contribution < -0.4 is 5.32 Å². The molecule has 1 amide bonds. The van der Waals surface area contributed by atoms with Gasteiger partial charge in [0, 0.05) is 11.6 Å². The molecule has 5 heteroatoms. The first-order valence-corrected chi connectivity index (χ1v) is 5.22. The number of aromatic amines is 2. The Labute approximate surface area is 96.9 Å². The summed E-state index contributed by atoms with van der Waals surface area (Å²) in [5.41, 5.74) is 1.41. The molecule has 0 saturated heterocycles. The molecule has 0 fully saturated rings. The van der Waals surface area contributed by atoms with Gasteiger partial charge in [-0.15, -0.1) is 0 Å². The second-order valence-electron chi connectivity index (χ2n) is 3.66. The molecule has 84 valence electrons. The highest BCUT2D eigenvalue weighted by Gasteiger charge is 2.10. The molecule has 0 aliphatic heterocycles. The van der Waals surface area contributed by atoms with E-state index in [2.05, 4.69) is 20.5 Å². The van der Waals surface area contributed by atoms with E-state index in [1.165, 1.54) is 0 Å². The molecule has 1 aromatic carbocycles. The van der Waals surface area contributed by atoms with Crippen LogP contribution in [0.1, 0.15) is 10.5 Å². The Morgan fingerprint density at radius 1 is 1.18 bits per heavy atom. The van der Waals surface area contributed by atoms with Crippen LogP contribution in [0.5, 0.6) is 0 Å². The highest BCUT2D eigenvalue weighted by molar-refractivity contribution is 6.06. The summed E-state index contributed by atoms with van der Waals surface area (Å²) in [5.74, 6) is 0.340. The van der Waals surface area contributed by atoms with E-state index in [1.807, 2.05) is 24.3 Å². The molecule has 3 aromatic rings. The number of hydrogen-bond acceptors (Lipinski definition) is 2. The summed E-state index contributed by atoms with van der Waals surface area (Å²) < 4.78 is 0. The zero-order valence-corrected chi connectivity index (χ0v) is 8.90. The predicted octanol–water partition coefficient (Wildman–Crippen LogP) is 2.14. The van der Waals surface area contributed by atoms with E-state index >= 15 is 0 Å². The number of hydrogen-bond donors (Lipinski definition) is 3. The number of carbonyl (C=O) groups excluding carboxylic acids is 1. The van der Waals surface area contributed by atoms with Crippen LogP contribution in [0.15, 0.2) is 42.6 Å². The zero-order valence-electron chi connectivity index (χ0n) is 8.90. The van der Waals surface area contributed by atoms with Gasteiger partial charge in [0.25, 0.3) is 5.91 Å². The summed E-state index contributed by atoms with van der Waals surface area (Å²) in [6.45, 7) is 0. The average molecular weight is 226 g/mol. The van der Waals surface area contributed by atoms with Gasteiger partial charge in [-0.1, -0.05) is 12.1 Å². The van der Waals surface area contributed by atoms with E-state index in [1.54, 1.807) is 18.3 Å². The van der Waals surface area contributed by atoms with Gasteiger partial charge in [0.2, 0.25) is 0 Å². The second kappa shape index (κ2) is 3.79. The molecule has 0 saturated carbocycles. The van der Waals surface area contributed by atoms with Crippen LogP contribution in [0.4, 0.5) is 5.82 Å². The monoisotopic (exact) mass is 226 g/mol. The molecular weight excluding hydrogens is 216 g/mol. The van der Waals surface area contributed by atoms with Gasteiger partial charge in [-0.25, -0.2) is 0 Å². The number of nitrogens with one attached hydrogen (secondary N) is 3. The number of anilines is 1. The maximum atomic E-state index is 11.8. The smallest absolute Gasteiger partial charge is 0.273 e. The van der Waals surface area contributed by atoms with Gasteiger partial charge in [-0.3, -0.25) is 9.89 Å². The number of aromatic nitrogens is 3. The first-order chi connectivity index (χ1) is 8.34. The lowest BCUT2D eigenvalue weighted by Crippen LogP contribution is -2.12. The fourth-order valence-electron chi connectivity index (χ4n) is 1.71. The Hall–Kier alpha value is -2.56. The average Bonchev–Trinajstić information content (AvgIpc) is 2.98. The summed E-state index contributed by atoms with van der Waals surface area (Å²) in [4.78, 5) is 14.7. The number of benzene rings is 1. The van der Waals surface area contributed by atoms with Crippen molar-refractivity contribution in [2.75, 3.05) is 5.32 Å². The van der Waals surface area contributed by atoms with Gasteiger partial charge < -0.3 is 10.3 Å². The fourth-order valence-corrected chi connectivity index (χ4v) is 1.71. The Kier molecular flexibility index (Phi) is 2.15. The summed E-state index contributed by atoms with van der Waals surface area (Å²) in [5, 5.41) is 10.6. The standard InChI is InChI=1S/C12H10N4O/c17-12(10-6-3-7-13-10)14-11-8-4-1-2-5-9(8)15-16-11/h1-7,13H,(H2,14,15,16,17). The first-order valence-electron chi connectivity index (χ1n) is 5.22. The van der Waals surface area contributed by atoms with Gasteiger partial charge in [-0.2, -0.15) is 5.10 Å².